The minimum Gasteiger partial charge on any atom is -0.317 e. The number of likely N-dealkylation sites (N-methyl/N-ethyl adjacent to an activating group) is 1. The number of hydrazine groups is 1. The molecule has 6 nitrogen and oxygen atoms in total. The van der Waals surface area contributed by atoms with Crippen LogP contribution in [0, 0.1) is 0 Å². The molecule has 1 fully saturated rings. The van der Waals surface area contributed by atoms with Crippen LogP contribution in [0.15, 0.2) is 29.2 Å². The van der Waals surface area contributed by atoms with Gasteiger partial charge in [-0.1, -0.05) is 19.1 Å². The monoisotopic (exact) mass is 312 g/mol. The van der Waals surface area contributed by atoms with Crippen molar-refractivity contribution in [3.05, 3.63) is 24.3 Å². The summed E-state index contributed by atoms with van der Waals surface area (Å²) in [6.07, 6.45) is 0.771. The maximum Gasteiger partial charge on any atom is 0.242 e. The Hall–Kier alpha value is -1.15. The molecule has 21 heavy (non-hydrogen) atoms. The van der Waals surface area contributed by atoms with Crippen LogP contribution in [0.4, 0.5) is 5.69 Å². The van der Waals surface area contributed by atoms with E-state index in [2.05, 4.69) is 27.1 Å². The minimum absolute atomic E-state index is 0.303. The zero-order chi connectivity index (χ0) is 15.3. The van der Waals surface area contributed by atoms with Gasteiger partial charge in [0.1, 0.15) is 4.90 Å². The summed E-state index contributed by atoms with van der Waals surface area (Å²) in [5.74, 6) is 0. The van der Waals surface area contributed by atoms with Gasteiger partial charge in [-0.2, -0.15) is 0 Å². The van der Waals surface area contributed by atoms with E-state index in [9.17, 15) is 8.42 Å². The molecule has 0 unspecified atom stereocenters. The SMILES string of the molecule is CCCNS(=O)(=O)c1ccccc1NN1CCN(C)CC1. The van der Waals surface area contributed by atoms with E-state index < -0.39 is 10.0 Å². The van der Waals surface area contributed by atoms with Crippen molar-refractivity contribution in [1.82, 2.24) is 14.6 Å². The highest BCUT2D eigenvalue weighted by Gasteiger charge is 2.20. The van der Waals surface area contributed by atoms with Gasteiger partial charge in [0.25, 0.3) is 0 Å². The van der Waals surface area contributed by atoms with Crippen LogP contribution in [0.25, 0.3) is 0 Å². The minimum atomic E-state index is -3.46. The van der Waals surface area contributed by atoms with Crippen molar-refractivity contribution in [2.24, 2.45) is 0 Å². The molecule has 1 aliphatic heterocycles. The van der Waals surface area contributed by atoms with E-state index in [-0.39, 0.29) is 0 Å². The number of benzene rings is 1. The highest BCUT2D eigenvalue weighted by molar-refractivity contribution is 7.89. The van der Waals surface area contributed by atoms with E-state index in [4.69, 9.17) is 0 Å². The van der Waals surface area contributed by atoms with Crippen LogP contribution in [0.5, 0.6) is 0 Å². The predicted molar refractivity (Wildman–Crippen MR) is 84.6 cm³/mol. The third-order valence-corrected chi connectivity index (χ3v) is 5.02. The Morgan fingerprint density at radius 2 is 1.81 bits per heavy atom. The topological polar surface area (TPSA) is 64.7 Å². The van der Waals surface area contributed by atoms with Gasteiger partial charge in [0.15, 0.2) is 0 Å². The van der Waals surface area contributed by atoms with Gasteiger partial charge in [-0.15, -0.1) is 0 Å². The zero-order valence-corrected chi connectivity index (χ0v) is 13.5. The molecular formula is C14H24N4O2S. The Kier molecular flexibility index (Phi) is 5.58. The van der Waals surface area contributed by atoms with Crippen LogP contribution < -0.4 is 10.1 Å². The summed E-state index contributed by atoms with van der Waals surface area (Å²) in [4.78, 5) is 2.56. The van der Waals surface area contributed by atoms with Crippen molar-refractivity contribution in [2.45, 2.75) is 18.2 Å². The maximum absolute atomic E-state index is 12.3. The molecule has 2 rings (SSSR count). The van der Waals surface area contributed by atoms with Crippen LogP contribution in [-0.4, -0.2) is 58.1 Å². The Bertz CT molecular complexity index is 554. The van der Waals surface area contributed by atoms with Crippen LogP contribution in [0.3, 0.4) is 0 Å². The molecule has 2 N–H and O–H groups in total. The fraction of sp³-hybridized carbons (Fsp3) is 0.571. The number of rotatable bonds is 6. The van der Waals surface area contributed by atoms with Crippen LogP contribution in [0.1, 0.15) is 13.3 Å². The Labute approximate surface area is 127 Å². The first-order valence-corrected chi connectivity index (χ1v) is 8.80. The molecule has 0 aromatic heterocycles. The highest BCUT2D eigenvalue weighted by atomic mass is 32.2. The average molecular weight is 312 g/mol. The number of hydrogen-bond acceptors (Lipinski definition) is 5. The molecule has 0 amide bonds. The first-order chi connectivity index (χ1) is 10.0. The van der Waals surface area contributed by atoms with E-state index in [0.717, 1.165) is 32.6 Å². The number of nitrogens with zero attached hydrogens (tertiary/aromatic N) is 2. The number of hydrogen-bond donors (Lipinski definition) is 2. The second-order valence-electron chi connectivity index (χ2n) is 5.30. The molecule has 0 radical (unpaired) electrons. The Balaban J connectivity index is 2.13. The van der Waals surface area contributed by atoms with E-state index in [1.54, 1.807) is 18.2 Å². The van der Waals surface area contributed by atoms with Crippen molar-refractivity contribution in [3.63, 3.8) is 0 Å². The van der Waals surface area contributed by atoms with Gasteiger partial charge in [-0.3, -0.25) is 0 Å². The number of sulfonamides is 1. The molecule has 1 aromatic rings. The van der Waals surface area contributed by atoms with Crippen LogP contribution in [0.2, 0.25) is 0 Å². The summed E-state index contributed by atoms with van der Waals surface area (Å²) in [5, 5.41) is 2.06. The van der Waals surface area contributed by atoms with Crippen molar-refractivity contribution < 1.29 is 8.42 Å². The molecule has 7 heteroatoms. The van der Waals surface area contributed by atoms with Crippen molar-refractivity contribution in [3.8, 4) is 0 Å². The Morgan fingerprint density at radius 1 is 1.14 bits per heavy atom. The van der Waals surface area contributed by atoms with Crippen LogP contribution >= 0.6 is 0 Å². The lowest BCUT2D eigenvalue weighted by atomic mass is 10.3. The summed E-state index contributed by atoms with van der Waals surface area (Å²) < 4.78 is 27.3. The third-order valence-electron chi connectivity index (χ3n) is 3.50. The second kappa shape index (κ2) is 7.22. The smallest absolute Gasteiger partial charge is 0.242 e. The van der Waals surface area contributed by atoms with Gasteiger partial charge in [0.2, 0.25) is 10.0 Å². The first-order valence-electron chi connectivity index (χ1n) is 7.32. The number of para-hydroxylation sites is 1. The largest absolute Gasteiger partial charge is 0.317 e. The molecular weight excluding hydrogens is 288 g/mol. The lowest BCUT2D eigenvalue weighted by molar-refractivity contribution is 0.178. The van der Waals surface area contributed by atoms with Crippen molar-refractivity contribution in [1.29, 1.82) is 0 Å². The highest BCUT2D eigenvalue weighted by Crippen LogP contribution is 2.21. The molecule has 1 heterocycles. The summed E-state index contributed by atoms with van der Waals surface area (Å²) in [7, 11) is -1.38. The fourth-order valence-corrected chi connectivity index (χ4v) is 3.49. The molecule has 1 aromatic carbocycles. The molecule has 0 aliphatic carbocycles. The van der Waals surface area contributed by atoms with E-state index in [1.165, 1.54) is 0 Å². The predicted octanol–water partition coefficient (Wildman–Crippen LogP) is 0.949. The summed E-state index contributed by atoms with van der Waals surface area (Å²) >= 11 is 0. The molecule has 0 atom stereocenters. The summed E-state index contributed by atoms with van der Waals surface area (Å²) in [6, 6.07) is 7.03. The molecule has 1 aliphatic rings. The van der Waals surface area contributed by atoms with Gasteiger partial charge in [-0.25, -0.2) is 18.1 Å². The van der Waals surface area contributed by atoms with E-state index in [1.807, 2.05) is 13.0 Å². The quantitative estimate of drug-likeness (QED) is 0.819. The average Bonchev–Trinajstić information content (AvgIpc) is 2.48. The van der Waals surface area contributed by atoms with Gasteiger partial charge in [-0.05, 0) is 25.6 Å². The number of anilines is 1. The van der Waals surface area contributed by atoms with Crippen molar-refractivity contribution >= 4 is 15.7 Å². The molecule has 0 saturated carbocycles. The lowest BCUT2D eigenvalue weighted by Gasteiger charge is -2.33. The lowest BCUT2D eigenvalue weighted by Crippen LogP contribution is -2.47. The van der Waals surface area contributed by atoms with Crippen LogP contribution in [-0.2, 0) is 10.0 Å². The van der Waals surface area contributed by atoms with Gasteiger partial charge >= 0.3 is 0 Å². The number of nitrogens with one attached hydrogen (secondary N) is 2. The van der Waals surface area contributed by atoms with Gasteiger partial charge in [0, 0.05) is 32.7 Å². The normalized spacial score (nSPS) is 17.8. The third kappa shape index (κ3) is 4.41. The van der Waals surface area contributed by atoms with Gasteiger partial charge < -0.3 is 10.3 Å². The van der Waals surface area contributed by atoms with E-state index in [0.29, 0.717) is 17.1 Å². The molecule has 0 bridgehead atoms. The van der Waals surface area contributed by atoms with Crippen molar-refractivity contribution in [2.75, 3.05) is 45.2 Å². The zero-order valence-electron chi connectivity index (χ0n) is 12.7. The summed E-state index contributed by atoms with van der Waals surface area (Å²) in [6.45, 7) is 6.06. The fourth-order valence-electron chi connectivity index (χ4n) is 2.20. The molecule has 118 valence electrons. The summed E-state index contributed by atoms with van der Waals surface area (Å²) in [5.41, 5.74) is 3.87. The second-order valence-corrected chi connectivity index (χ2v) is 7.03. The molecule has 0 spiro atoms. The molecule has 1 saturated heterocycles. The standard InChI is InChI=1S/C14H24N4O2S/c1-3-8-15-21(19,20)14-7-5-4-6-13(14)16-18-11-9-17(2)10-12-18/h4-7,15-16H,3,8-12H2,1-2H3. The van der Waals surface area contributed by atoms with E-state index >= 15 is 0 Å². The van der Waals surface area contributed by atoms with Gasteiger partial charge in [0.05, 0.1) is 5.69 Å². The first kappa shape index (κ1) is 16.2. The number of piperazine rings is 1. The maximum atomic E-state index is 12.3. The Morgan fingerprint density at radius 3 is 2.48 bits per heavy atom.